The van der Waals surface area contributed by atoms with Crippen molar-refractivity contribution in [1.82, 2.24) is 0 Å². The number of halogens is 2. The van der Waals surface area contributed by atoms with Gasteiger partial charge in [-0.3, -0.25) is 0 Å². The van der Waals surface area contributed by atoms with Crippen LogP contribution in [0.3, 0.4) is 0 Å². The Balaban J connectivity index is 3.26. The molecule has 0 spiro atoms. The first-order chi connectivity index (χ1) is 3.81. The Bertz CT molecular complexity index is 76.6. The van der Waals surface area contributed by atoms with Crippen molar-refractivity contribution in [3.8, 4) is 0 Å². The van der Waals surface area contributed by atoms with Crippen LogP contribution in [0.2, 0.25) is 0 Å². The number of alkyl halides is 2. The normalized spacial score (nSPS) is 12.1. The summed E-state index contributed by atoms with van der Waals surface area (Å²) in [4.78, 5) is 0. The molecule has 0 aliphatic heterocycles. The molecular formula is C6H10Br2. The molecule has 0 aromatic rings. The largest absolute Gasteiger partial charge is 0.0925 e. The van der Waals surface area contributed by atoms with Gasteiger partial charge in [0.25, 0.3) is 0 Å². The quantitative estimate of drug-likeness (QED) is 0.526. The summed E-state index contributed by atoms with van der Waals surface area (Å²) in [7, 11) is 0. The van der Waals surface area contributed by atoms with Gasteiger partial charge in [0.05, 0.1) is 0 Å². The van der Waals surface area contributed by atoms with Crippen LogP contribution in [0.25, 0.3) is 0 Å². The lowest BCUT2D eigenvalue weighted by molar-refractivity contribution is 1.21. The van der Waals surface area contributed by atoms with Gasteiger partial charge in [0, 0.05) is 10.7 Å². The molecule has 0 bridgehead atoms. The average molecular weight is 242 g/mol. The summed E-state index contributed by atoms with van der Waals surface area (Å²) in [5.74, 6) is 0. The molecule has 0 amide bonds. The van der Waals surface area contributed by atoms with Crippen LogP contribution in [0.1, 0.15) is 13.3 Å². The second-order valence-corrected chi connectivity index (χ2v) is 3.02. The maximum Gasteiger partial charge on any atom is 0.0239 e. The van der Waals surface area contributed by atoms with Crippen LogP contribution >= 0.6 is 31.9 Å². The summed E-state index contributed by atoms with van der Waals surface area (Å²) in [6.07, 6.45) is 3.36. The molecule has 0 aliphatic rings. The van der Waals surface area contributed by atoms with Crippen molar-refractivity contribution in [1.29, 1.82) is 0 Å². The molecular weight excluding hydrogens is 232 g/mol. The second-order valence-electron chi connectivity index (χ2n) is 1.66. The monoisotopic (exact) mass is 240 g/mol. The summed E-state index contributed by atoms with van der Waals surface area (Å²) in [6.45, 7) is 2.12. The average Bonchev–Trinajstić information content (AvgIpc) is 1.83. The summed E-state index contributed by atoms with van der Waals surface area (Å²) in [5, 5.41) is 2.07. The zero-order chi connectivity index (χ0) is 6.41. The summed E-state index contributed by atoms with van der Waals surface area (Å²) in [5.41, 5.74) is 1.41. The highest BCUT2D eigenvalue weighted by Crippen LogP contribution is 2.00. The molecule has 0 aromatic carbocycles. The Morgan fingerprint density at radius 3 is 2.50 bits per heavy atom. The molecule has 0 saturated carbocycles. The zero-order valence-corrected chi connectivity index (χ0v) is 8.13. The third-order valence-electron chi connectivity index (χ3n) is 0.813. The predicted molar refractivity (Wildman–Crippen MR) is 46.0 cm³/mol. The van der Waals surface area contributed by atoms with E-state index in [1.807, 2.05) is 0 Å². The first-order valence-electron chi connectivity index (χ1n) is 2.58. The van der Waals surface area contributed by atoms with Crippen molar-refractivity contribution in [2.45, 2.75) is 13.3 Å². The van der Waals surface area contributed by atoms with Gasteiger partial charge < -0.3 is 0 Å². The van der Waals surface area contributed by atoms with Crippen molar-refractivity contribution in [3.63, 3.8) is 0 Å². The lowest BCUT2D eigenvalue weighted by atomic mass is 10.3. The van der Waals surface area contributed by atoms with Gasteiger partial charge in [-0.1, -0.05) is 43.5 Å². The van der Waals surface area contributed by atoms with Gasteiger partial charge in [0.2, 0.25) is 0 Å². The molecule has 2 heteroatoms. The molecule has 0 atom stereocenters. The van der Waals surface area contributed by atoms with E-state index in [4.69, 9.17) is 0 Å². The van der Waals surface area contributed by atoms with E-state index in [9.17, 15) is 0 Å². The van der Waals surface area contributed by atoms with Crippen molar-refractivity contribution in [2.75, 3.05) is 10.7 Å². The van der Waals surface area contributed by atoms with Gasteiger partial charge in [0.15, 0.2) is 0 Å². The van der Waals surface area contributed by atoms with Gasteiger partial charge in [0.1, 0.15) is 0 Å². The van der Waals surface area contributed by atoms with E-state index in [0.717, 1.165) is 17.1 Å². The number of hydrogen-bond acceptors (Lipinski definition) is 0. The van der Waals surface area contributed by atoms with E-state index >= 15 is 0 Å². The Morgan fingerprint density at radius 2 is 2.12 bits per heavy atom. The van der Waals surface area contributed by atoms with Crippen LogP contribution in [0.5, 0.6) is 0 Å². The van der Waals surface area contributed by atoms with Crippen LogP contribution in [0.15, 0.2) is 11.6 Å². The fourth-order valence-electron chi connectivity index (χ4n) is 0.356. The van der Waals surface area contributed by atoms with Crippen molar-refractivity contribution < 1.29 is 0 Å². The van der Waals surface area contributed by atoms with E-state index in [-0.39, 0.29) is 0 Å². The highest BCUT2D eigenvalue weighted by molar-refractivity contribution is 9.09. The third kappa shape index (κ3) is 4.85. The van der Waals surface area contributed by atoms with Gasteiger partial charge >= 0.3 is 0 Å². The summed E-state index contributed by atoms with van der Waals surface area (Å²) in [6, 6.07) is 0. The van der Waals surface area contributed by atoms with E-state index in [2.05, 4.69) is 44.9 Å². The second kappa shape index (κ2) is 5.83. The third-order valence-corrected chi connectivity index (χ3v) is 2.16. The minimum Gasteiger partial charge on any atom is -0.0925 e. The first-order valence-corrected chi connectivity index (χ1v) is 4.83. The van der Waals surface area contributed by atoms with Crippen LogP contribution in [0.4, 0.5) is 0 Å². The van der Waals surface area contributed by atoms with E-state index in [0.29, 0.717) is 0 Å². The lowest BCUT2D eigenvalue weighted by Gasteiger charge is -1.89. The van der Waals surface area contributed by atoms with Crippen LogP contribution < -0.4 is 0 Å². The topological polar surface area (TPSA) is 0 Å². The number of rotatable bonds is 3. The summed E-state index contributed by atoms with van der Waals surface area (Å²) < 4.78 is 0. The first kappa shape index (κ1) is 8.70. The molecule has 0 radical (unpaired) electrons. The summed E-state index contributed by atoms with van der Waals surface area (Å²) >= 11 is 6.71. The van der Waals surface area contributed by atoms with E-state index in [1.165, 1.54) is 5.57 Å². The van der Waals surface area contributed by atoms with Crippen molar-refractivity contribution >= 4 is 31.9 Å². The van der Waals surface area contributed by atoms with Crippen molar-refractivity contribution in [3.05, 3.63) is 11.6 Å². The number of allylic oxidation sites excluding steroid dienone is 2. The van der Waals surface area contributed by atoms with Crippen LogP contribution in [-0.2, 0) is 0 Å². The zero-order valence-electron chi connectivity index (χ0n) is 4.95. The molecule has 0 fully saturated rings. The van der Waals surface area contributed by atoms with Gasteiger partial charge in [-0.25, -0.2) is 0 Å². The van der Waals surface area contributed by atoms with Crippen molar-refractivity contribution in [2.24, 2.45) is 0 Å². The van der Waals surface area contributed by atoms with Gasteiger partial charge in [-0.2, -0.15) is 0 Å². The number of hydrogen-bond donors (Lipinski definition) is 0. The molecule has 0 rings (SSSR count). The molecule has 0 N–H and O–H groups in total. The Labute approximate surface area is 67.6 Å². The van der Waals surface area contributed by atoms with Gasteiger partial charge in [-0.05, 0) is 13.3 Å². The molecule has 8 heavy (non-hydrogen) atoms. The van der Waals surface area contributed by atoms with E-state index in [1.54, 1.807) is 0 Å². The molecule has 0 heterocycles. The van der Waals surface area contributed by atoms with Crippen LogP contribution in [0, 0.1) is 0 Å². The standard InChI is InChI=1S/C6H10Br2/c1-6(5-8)3-2-4-7/h3H,2,4-5H2,1H3/b6-3+. The van der Waals surface area contributed by atoms with E-state index < -0.39 is 0 Å². The lowest BCUT2D eigenvalue weighted by Crippen LogP contribution is -1.75. The Hall–Kier alpha value is 0.700. The minimum atomic E-state index is 1.00. The molecule has 0 aromatic heterocycles. The highest BCUT2D eigenvalue weighted by atomic mass is 79.9. The highest BCUT2D eigenvalue weighted by Gasteiger charge is 1.81. The molecule has 48 valence electrons. The molecule has 0 unspecified atom stereocenters. The molecule has 0 nitrogen and oxygen atoms in total. The Kier molecular flexibility index (Phi) is 6.34. The van der Waals surface area contributed by atoms with Gasteiger partial charge in [-0.15, -0.1) is 0 Å². The maximum absolute atomic E-state index is 3.36. The maximum atomic E-state index is 3.36. The fourth-order valence-corrected chi connectivity index (χ4v) is 0.813. The SMILES string of the molecule is C/C(=C\CCBr)CBr. The Morgan fingerprint density at radius 1 is 1.50 bits per heavy atom. The molecule has 0 saturated heterocycles. The van der Waals surface area contributed by atoms with Crippen LogP contribution in [-0.4, -0.2) is 10.7 Å². The minimum absolute atomic E-state index is 1.00. The molecule has 0 aliphatic carbocycles. The fraction of sp³-hybridized carbons (Fsp3) is 0.667. The smallest absolute Gasteiger partial charge is 0.0239 e. The predicted octanol–water partition coefficient (Wildman–Crippen LogP) is 3.11.